The number of aromatic amines is 1. The second-order valence-corrected chi connectivity index (χ2v) is 46.2. The van der Waals surface area contributed by atoms with Crippen molar-refractivity contribution in [2.45, 2.75) is 197 Å². The molecule has 3 aliphatic heterocycles. The number of amides is 1. The van der Waals surface area contributed by atoms with Crippen molar-refractivity contribution >= 4 is 118 Å². The van der Waals surface area contributed by atoms with Gasteiger partial charge < -0.3 is 48.8 Å². The van der Waals surface area contributed by atoms with Crippen LogP contribution >= 0.6 is 11.6 Å². The molecule has 0 spiro atoms. The minimum absolute atomic E-state index is 0. The average molecular weight is 1860 g/mol. The molecule has 14 rings (SSSR count). The van der Waals surface area contributed by atoms with Gasteiger partial charge in [-0.2, -0.15) is 0 Å². The van der Waals surface area contributed by atoms with Gasteiger partial charge in [0.1, 0.15) is 28.2 Å². The molecule has 688 valence electrons. The fraction of sp³-hybridized carbons (Fsp3) is 0.467. The number of hydrogen-bond acceptors (Lipinski definition) is 25. The summed E-state index contributed by atoms with van der Waals surface area (Å²) in [5, 5.41) is 3.45. The lowest BCUT2D eigenvalue weighted by Gasteiger charge is -2.37. The summed E-state index contributed by atoms with van der Waals surface area (Å²) in [6.45, 7) is 32.0. The van der Waals surface area contributed by atoms with Crippen molar-refractivity contribution < 1.29 is 65.8 Å². The number of nitrogens with zero attached hydrogens (tertiary/aromatic N) is 12. The van der Waals surface area contributed by atoms with Crippen LogP contribution in [-0.2, 0) is 102 Å². The topological polar surface area (TPSA) is 353 Å². The molecule has 9 aromatic heterocycles. The van der Waals surface area contributed by atoms with Crippen molar-refractivity contribution in [2.24, 2.45) is 0 Å². The quantitative estimate of drug-likeness (QED) is 0.0531. The number of fused-ring (bicyclic) bond motifs is 3. The van der Waals surface area contributed by atoms with Gasteiger partial charge in [0.25, 0.3) is 20.0 Å². The number of ether oxygens (including phenoxy) is 4. The molecule has 2 aromatic carbocycles. The maximum atomic E-state index is 14.1. The first kappa shape index (κ1) is 99.7. The minimum Gasteiger partial charge on any atom is -0.444 e. The SMILES string of the molecule is C.CCCc1cc2nc(C)ccc2n1S(=O)(=O)c1ccccc1.CC[C@H]1COCCN1c1cc(C(C)(C)S(C)(=O)=O)cc(-c2ccc3[nH]c(CNC)cc3n2)n1.CC[C@H]1COCCN1c1cc(C(C)(C)S(C)(=O)=O)cc(-c2ccc3c(cc(CN(C)C(=O)OC(C)(C)C)n3S(=O)(=O)c3ccccc3)n2)n1.CC[C@H]1COCCN1c1cc(C(C)(C)S(C)(=O)=O)cc(Cl)n1. The maximum absolute atomic E-state index is 14.1. The van der Waals surface area contributed by atoms with Crippen LogP contribution in [0.3, 0.4) is 0 Å². The third-order valence-electron chi connectivity index (χ3n) is 23.4. The number of aryl methyl sites for hydroxylation is 2. The van der Waals surface area contributed by atoms with Crippen LogP contribution in [0, 0.1) is 6.92 Å². The Labute approximate surface area is 754 Å². The highest BCUT2D eigenvalue weighted by molar-refractivity contribution is 7.92. The number of morpholine rings is 3. The largest absolute Gasteiger partial charge is 0.444 e. The van der Waals surface area contributed by atoms with Crippen LogP contribution in [0.4, 0.5) is 22.2 Å². The number of benzene rings is 2. The molecule has 3 fully saturated rings. The molecule has 1 amide bonds. The Hall–Kier alpha value is -9.49. The third kappa shape index (κ3) is 22.5. The molecule has 0 aliphatic carbocycles. The first-order valence-electron chi connectivity index (χ1n) is 42.2. The number of carbonyl (C=O) groups excluding carboxylic acids is 1. The Kier molecular flexibility index (Phi) is 31.6. The number of anilines is 3. The Balaban J connectivity index is 0.000000187. The monoisotopic (exact) mass is 1860 g/mol. The average Bonchev–Trinajstić information content (AvgIpc) is 1.63. The van der Waals surface area contributed by atoms with Crippen molar-refractivity contribution in [3.8, 4) is 22.8 Å². The summed E-state index contributed by atoms with van der Waals surface area (Å²) in [6, 6.07) is 44.4. The molecule has 29 nitrogen and oxygen atoms in total. The zero-order chi connectivity index (χ0) is 92.0. The van der Waals surface area contributed by atoms with E-state index in [-0.39, 0.29) is 37.0 Å². The number of nitrogens with one attached hydrogen (secondary N) is 2. The number of rotatable bonds is 24. The number of sulfone groups is 3. The molecule has 0 bridgehead atoms. The molecule has 0 unspecified atom stereocenters. The van der Waals surface area contributed by atoms with Crippen LogP contribution in [0.15, 0.2) is 161 Å². The molecule has 0 saturated carbocycles. The smallest absolute Gasteiger partial charge is 0.410 e. The Morgan fingerprint density at radius 1 is 0.504 bits per heavy atom. The first-order valence-corrected chi connectivity index (χ1v) is 51.1. The first-order chi connectivity index (χ1) is 59.2. The molecule has 3 saturated heterocycles. The Bertz CT molecular complexity index is 6340. The molecule has 35 heteroatoms. The Morgan fingerprint density at radius 3 is 1.33 bits per heavy atom. The molecule has 12 heterocycles. The van der Waals surface area contributed by atoms with Crippen molar-refractivity contribution in [2.75, 3.05) is 107 Å². The van der Waals surface area contributed by atoms with Crippen LogP contribution < -0.4 is 20.0 Å². The van der Waals surface area contributed by atoms with Gasteiger partial charge in [0.2, 0.25) is 0 Å². The van der Waals surface area contributed by atoms with Crippen LogP contribution in [0.2, 0.25) is 5.15 Å². The highest BCUT2D eigenvalue weighted by Crippen LogP contribution is 2.40. The van der Waals surface area contributed by atoms with E-state index in [0.29, 0.717) is 137 Å². The van der Waals surface area contributed by atoms with E-state index in [1.807, 2.05) is 87.6 Å². The molecule has 0 radical (unpaired) electrons. The van der Waals surface area contributed by atoms with Gasteiger partial charge in [-0.25, -0.2) is 79.7 Å². The van der Waals surface area contributed by atoms with Crippen molar-refractivity contribution in [1.29, 1.82) is 0 Å². The van der Waals surface area contributed by atoms with Gasteiger partial charge in [-0.15, -0.1) is 0 Å². The van der Waals surface area contributed by atoms with Crippen molar-refractivity contribution in [3.05, 3.63) is 196 Å². The molecule has 11 aromatic rings. The number of pyridine rings is 6. The van der Waals surface area contributed by atoms with E-state index >= 15 is 0 Å². The number of aromatic nitrogens is 9. The van der Waals surface area contributed by atoms with Gasteiger partial charge in [0.05, 0.1) is 150 Å². The molecular formula is C92H123ClN14O15S5. The highest BCUT2D eigenvalue weighted by Gasteiger charge is 2.39. The van der Waals surface area contributed by atoms with Crippen LogP contribution in [0.1, 0.15) is 163 Å². The van der Waals surface area contributed by atoms with E-state index < -0.39 is 75.5 Å². The predicted molar refractivity (Wildman–Crippen MR) is 506 cm³/mol. The van der Waals surface area contributed by atoms with E-state index in [1.165, 1.54) is 43.7 Å². The lowest BCUT2D eigenvalue weighted by molar-refractivity contribution is 0.0282. The van der Waals surface area contributed by atoms with Gasteiger partial charge in [-0.1, -0.05) is 89.5 Å². The fourth-order valence-electron chi connectivity index (χ4n) is 14.9. The lowest BCUT2D eigenvalue weighted by atomic mass is 10.0. The molecule has 3 aliphatic rings. The van der Waals surface area contributed by atoms with Gasteiger partial charge in [-0.3, -0.25) is 4.98 Å². The summed E-state index contributed by atoms with van der Waals surface area (Å²) >= 11 is 6.15. The van der Waals surface area contributed by atoms with Gasteiger partial charge in [-0.05, 0) is 234 Å². The zero-order valence-corrected chi connectivity index (χ0v) is 80.2. The van der Waals surface area contributed by atoms with E-state index in [4.69, 9.17) is 50.5 Å². The summed E-state index contributed by atoms with van der Waals surface area (Å²) < 4.78 is 151. The fourth-order valence-corrected chi connectivity index (χ4v) is 19.9. The number of halogens is 1. The summed E-state index contributed by atoms with van der Waals surface area (Å²) in [6.07, 6.45) is 7.36. The lowest BCUT2D eigenvalue weighted by Crippen LogP contribution is -2.45. The highest BCUT2D eigenvalue weighted by atomic mass is 35.5. The van der Waals surface area contributed by atoms with Crippen LogP contribution in [0.5, 0.6) is 0 Å². The standard InChI is InChI=1S/C35H45N5O7S2.C24H33N5O3S.C17H18N2O2S.C15H23ClN2O3S.CH4/c1-9-25-23-46-18-17-39(25)32-20-24(35(5,6)48(8,42)43)19-29(37-32)28-15-16-31-30(36-28)21-26(22-38(7)33(41)47-34(2,3)4)40(31)49(44,45)27-13-11-10-12-14-27;1-6-18-15-32-10-9-29(18)23-12-16(24(2,3)33(5,30)31)11-21(28-23)20-8-7-19-22(27-20)13-17(26-19)14-25-4;1-3-7-14-12-16-17(11-10-13(2)18-16)19(14)22(20,21)15-8-5-4-6-9-15;1-5-12-10-21-7-6-18(12)14-9-11(8-13(16)17-14)15(2,3)22(4,19)20;/h10-16,19-21,25H,9,17-18,22-23H2,1-8H3;7-8,11-13,18,25-26H,6,9-10,14-15H2,1-5H3;4-6,8-12H,3,7H2,1-2H3;8-9,12H,5-7,10H2,1-4H3;1H4/t25-;18-;;12-;/m00.0./s1. The number of carbonyl (C=O) groups is 1. The van der Waals surface area contributed by atoms with Gasteiger partial charge >= 0.3 is 6.09 Å². The molecular weight excluding hydrogens is 1740 g/mol. The number of hydrogen-bond donors (Lipinski definition) is 2. The zero-order valence-electron chi connectivity index (χ0n) is 75.4. The van der Waals surface area contributed by atoms with Gasteiger partial charge in [0.15, 0.2) is 29.5 Å². The second kappa shape index (κ2) is 40.3. The normalized spacial score (nSPS) is 16.4. The summed E-state index contributed by atoms with van der Waals surface area (Å²) in [5.41, 5.74) is 10.3. The van der Waals surface area contributed by atoms with Gasteiger partial charge in [0, 0.05) is 69.1 Å². The minimum atomic E-state index is -4.11. The maximum Gasteiger partial charge on any atom is 0.410 e. The van der Waals surface area contributed by atoms with Crippen LogP contribution in [0.25, 0.3) is 55.9 Å². The molecule has 3 atom stereocenters. The summed E-state index contributed by atoms with van der Waals surface area (Å²) in [5.74, 6) is 2.10. The van der Waals surface area contributed by atoms with Crippen LogP contribution in [-0.4, -0.2) is 212 Å². The summed E-state index contributed by atoms with van der Waals surface area (Å²) in [7, 11) is -14.4. The van der Waals surface area contributed by atoms with Crippen molar-refractivity contribution in [3.63, 3.8) is 0 Å². The van der Waals surface area contributed by atoms with E-state index in [9.17, 15) is 46.9 Å². The second-order valence-electron chi connectivity index (χ2n) is 34.5. The van der Waals surface area contributed by atoms with E-state index in [0.717, 1.165) is 84.0 Å². The van der Waals surface area contributed by atoms with E-state index in [2.05, 4.69) is 55.7 Å². The Morgan fingerprint density at radius 2 is 0.906 bits per heavy atom. The summed E-state index contributed by atoms with van der Waals surface area (Å²) in [4.78, 5) is 53.0. The van der Waals surface area contributed by atoms with Crippen molar-refractivity contribution in [1.82, 2.24) is 53.0 Å². The van der Waals surface area contributed by atoms with E-state index in [1.54, 1.807) is 142 Å². The molecule has 2 N–H and O–H groups in total. The predicted octanol–water partition coefficient (Wildman–Crippen LogP) is 15.6. The molecule has 127 heavy (non-hydrogen) atoms. The third-order valence-corrected chi connectivity index (χ3v) is 33.4. The number of H-pyrrole nitrogens is 1.